The van der Waals surface area contributed by atoms with Crippen LogP contribution in [-0.4, -0.2) is 9.97 Å². The van der Waals surface area contributed by atoms with Gasteiger partial charge in [0.05, 0.1) is 11.0 Å². The summed E-state index contributed by atoms with van der Waals surface area (Å²) >= 11 is 0. The largest absolute Gasteiger partial charge is 0.254 e. The molecule has 1 radical (unpaired) electrons. The van der Waals surface area contributed by atoms with E-state index in [0.717, 1.165) is 27.5 Å². The van der Waals surface area contributed by atoms with Gasteiger partial charge >= 0.3 is 0 Å². The molecule has 0 aliphatic heterocycles. The molecule has 0 aliphatic rings. The molecule has 0 atom stereocenters. The minimum Gasteiger partial charge on any atom is -0.254 e. The molecule has 3 rings (SSSR count). The predicted octanol–water partition coefficient (Wildman–Crippen LogP) is 3.36. The van der Waals surface area contributed by atoms with E-state index in [9.17, 15) is 0 Å². The maximum absolute atomic E-state index is 4.60. The van der Waals surface area contributed by atoms with Gasteiger partial charge in [-0.3, -0.25) is 9.97 Å². The monoisotopic (exact) mass is 207 g/mol. The minimum absolute atomic E-state index is 0.976. The van der Waals surface area contributed by atoms with Crippen LogP contribution in [-0.2, 0) is 0 Å². The number of benzene rings is 1. The van der Waals surface area contributed by atoms with Crippen LogP contribution in [0.3, 0.4) is 0 Å². The zero-order chi connectivity index (χ0) is 11.0. The van der Waals surface area contributed by atoms with Gasteiger partial charge in [-0.05, 0) is 12.1 Å². The van der Waals surface area contributed by atoms with Crippen molar-refractivity contribution >= 4 is 21.8 Å². The molecule has 0 saturated heterocycles. The Hall–Kier alpha value is -1.96. The lowest BCUT2D eigenvalue weighted by Crippen LogP contribution is -1.88. The van der Waals surface area contributed by atoms with E-state index < -0.39 is 0 Å². The molecule has 0 saturated carbocycles. The van der Waals surface area contributed by atoms with Crippen LogP contribution in [0.1, 0.15) is 12.6 Å². The minimum atomic E-state index is 0.976. The second-order valence-electron chi connectivity index (χ2n) is 3.74. The summed E-state index contributed by atoms with van der Waals surface area (Å²) in [6.07, 6.45) is 3.81. The van der Waals surface area contributed by atoms with E-state index in [-0.39, 0.29) is 0 Å². The number of pyridine rings is 2. The van der Waals surface area contributed by atoms with Gasteiger partial charge in [0.25, 0.3) is 0 Å². The van der Waals surface area contributed by atoms with Gasteiger partial charge in [0, 0.05) is 29.1 Å². The Labute approximate surface area is 94.0 Å². The molecule has 16 heavy (non-hydrogen) atoms. The first-order chi connectivity index (χ1) is 7.88. The van der Waals surface area contributed by atoms with E-state index in [4.69, 9.17) is 0 Å². The van der Waals surface area contributed by atoms with Crippen LogP contribution in [0, 0.1) is 6.42 Å². The Morgan fingerprint density at radius 1 is 0.938 bits per heavy atom. The summed E-state index contributed by atoms with van der Waals surface area (Å²) in [7, 11) is 0. The number of hydrogen-bond donors (Lipinski definition) is 0. The van der Waals surface area contributed by atoms with Gasteiger partial charge in [-0.25, -0.2) is 0 Å². The highest BCUT2D eigenvalue weighted by Gasteiger charge is 2.03. The van der Waals surface area contributed by atoms with Crippen molar-refractivity contribution < 1.29 is 0 Å². The first-order valence-corrected chi connectivity index (χ1v) is 5.32. The third-order valence-electron chi connectivity index (χ3n) is 2.75. The summed E-state index contributed by atoms with van der Waals surface area (Å²) in [6, 6.07) is 12.3. The topological polar surface area (TPSA) is 25.8 Å². The number of aromatic nitrogens is 2. The lowest BCUT2D eigenvalue weighted by atomic mass is 10.1. The van der Waals surface area contributed by atoms with Gasteiger partial charge in [-0.1, -0.05) is 31.2 Å². The Morgan fingerprint density at radius 3 is 2.50 bits per heavy atom. The maximum atomic E-state index is 4.60. The van der Waals surface area contributed by atoms with Crippen molar-refractivity contribution in [2.24, 2.45) is 0 Å². The van der Waals surface area contributed by atoms with E-state index in [0.29, 0.717) is 0 Å². The molecular formula is C14H11N2. The van der Waals surface area contributed by atoms with E-state index in [1.165, 1.54) is 0 Å². The van der Waals surface area contributed by atoms with Gasteiger partial charge in [0.15, 0.2) is 0 Å². The van der Waals surface area contributed by atoms with Gasteiger partial charge in [0.1, 0.15) is 0 Å². The SMILES string of the molecule is C[CH]c1ccc2ccc3cccnc3c2n1. The highest BCUT2D eigenvalue weighted by atomic mass is 14.7. The quantitative estimate of drug-likeness (QED) is 0.572. The molecule has 0 amide bonds. The Morgan fingerprint density at radius 2 is 1.69 bits per heavy atom. The highest BCUT2D eigenvalue weighted by Crippen LogP contribution is 2.22. The second kappa shape index (κ2) is 3.56. The van der Waals surface area contributed by atoms with Crippen LogP contribution in [0.5, 0.6) is 0 Å². The summed E-state index contributed by atoms with van der Waals surface area (Å²) in [5, 5.41) is 2.27. The molecule has 77 valence electrons. The number of rotatable bonds is 1. The lowest BCUT2D eigenvalue weighted by molar-refractivity contribution is 1.25. The first kappa shape index (κ1) is 9.28. The molecular weight excluding hydrogens is 196 g/mol. The van der Waals surface area contributed by atoms with Crippen molar-refractivity contribution in [2.75, 3.05) is 0 Å². The molecule has 2 aromatic heterocycles. The maximum Gasteiger partial charge on any atom is 0.0967 e. The summed E-state index contributed by atoms with van der Waals surface area (Å²) < 4.78 is 0. The number of nitrogens with zero attached hydrogens (tertiary/aromatic N) is 2. The Balaban J connectivity index is 2.47. The third kappa shape index (κ3) is 1.34. The predicted molar refractivity (Wildman–Crippen MR) is 66.1 cm³/mol. The molecule has 1 aromatic carbocycles. The third-order valence-corrected chi connectivity index (χ3v) is 2.75. The van der Waals surface area contributed by atoms with Crippen LogP contribution < -0.4 is 0 Å². The number of fused-ring (bicyclic) bond motifs is 3. The molecule has 0 fully saturated rings. The molecule has 2 heterocycles. The average Bonchev–Trinajstić information content (AvgIpc) is 2.38. The summed E-state index contributed by atoms with van der Waals surface area (Å²) in [6.45, 7) is 1.99. The van der Waals surface area contributed by atoms with E-state index >= 15 is 0 Å². The summed E-state index contributed by atoms with van der Waals surface area (Å²) in [5.74, 6) is 0. The molecule has 0 N–H and O–H groups in total. The van der Waals surface area contributed by atoms with Crippen LogP contribution in [0.25, 0.3) is 21.8 Å². The standard InChI is InChI=1S/C14H11N2/c1-2-12-8-7-11-6-5-10-4-3-9-15-13(10)14(11)16-12/h2-9H,1H3. The molecule has 0 bridgehead atoms. The van der Waals surface area contributed by atoms with Gasteiger partial charge < -0.3 is 0 Å². The molecule has 2 nitrogen and oxygen atoms in total. The van der Waals surface area contributed by atoms with Crippen molar-refractivity contribution in [3.63, 3.8) is 0 Å². The Kier molecular flexibility index (Phi) is 2.07. The van der Waals surface area contributed by atoms with Gasteiger partial charge in [0.2, 0.25) is 0 Å². The zero-order valence-corrected chi connectivity index (χ0v) is 9.01. The second-order valence-corrected chi connectivity index (χ2v) is 3.74. The molecule has 0 unspecified atom stereocenters. The van der Waals surface area contributed by atoms with Crippen molar-refractivity contribution in [1.29, 1.82) is 0 Å². The van der Waals surface area contributed by atoms with Crippen LogP contribution in [0.4, 0.5) is 0 Å². The zero-order valence-electron chi connectivity index (χ0n) is 9.01. The fourth-order valence-corrected chi connectivity index (χ4v) is 1.90. The van der Waals surface area contributed by atoms with E-state index in [1.54, 1.807) is 0 Å². The molecule has 0 spiro atoms. The van der Waals surface area contributed by atoms with Crippen LogP contribution >= 0.6 is 0 Å². The molecule has 2 heteroatoms. The Bertz CT molecular complexity index is 659. The normalized spacial score (nSPS) is 11.1. The van der Waals surface area contributed by atoms with E-state index in [1.807, 2.05) is 31.7 Å². The average molecular weight is 207 g/mol. The smallest absolute Gasteiger partial charge is 0.0967 e. The fraction of sp³-hybridized carbons (Fsp3) is 0.0714. The summed E-state index contributed by atoms with van der Waals surface area (Å²) in [4.78, 5) is 9.01. The van der Waals surface area contributed by atoms with Crippen molar-refractivity contribution in [2.45, 2.75) is 6.92 Å². The van der Waals surface area contributed by atoms with E-state index in [2.05, 4.69) is 34.2 Å². The van der Waals surface area contributed by atoms with Crippen molar-refractivity contribution in [3.05, 3.63) is 54.7 Å². The fourth-order valence-electron chi connectivity index (χ4n) is 1.90. The molecule has 3 aromatic rings. The highest BCUT2D eigenvalue weighted by molar-refractivity contribution is 6.02. The van der Waals surface area contributed by atoms with Gasteiger partial charge in [-0.15, -0.1) is 0 Å². The van der Waals surface area contributed by atoms with Crippen LogP contribution in [0.15, 0.2) is 42.6 Å². The summed E-state index contributed by atoms with van der Waals surface area (Å²) in [5.41, 5.74) is 2.95. The van der Waals surface area contributed by atoms with Crippen molar-refractivity contribution in [3.8, 4) is 0 Å². The van der Waals surface area contributed by atoms with Crippen molar-refractivity contribution in [1.82, 2.24) is 9.97 Å². The number of hydrogen-bond acceptors (Lipinski definition) is 2. The van der Waals surface area contributed by atoms with Crippen LogP contribution in [0.2, 0.25) is 0 Å². The lowest BCUT2D eigenvalue weighted by Gasteiger charge is -2.03. The van der Waals surface area contributed by atoms with Gasteiger partial charge in [-0.2, -0.15) is 0 Å². The molecule has 0 aliphatic carbocycles. The first-order valence-electron chi connectivity index (χ1n) is 5.32.